The van der Waals surface area contributed by atoms with E-state index >= 15 is 0 Å². The van der Waals surface area contributed by atoms with E-state index in [1.54, 1.807) is 14.8 Å². The van der Waals surface area contributed by atoms with Crippen molar-refractivity contribution in [3.8, 4) is 5.75 Å². The number of thiophene rings is 1. The van der Waals surface area contributed by atoms with Gasteiger partial charge in [0.15, 0.2) is 5.82 Å². The number of fused-ring (bicyclic) bond motifs is 1. The van der Waals surface area contributed by atoms with Crippen molar-refractivity contribution in [2.75, 3.05) is 49.6 Å². The molecule has 47 heavy (non-hydrogen) atoms. The van der Waals surface area contributed by atoms with Crippen LogP contribution < -0.4 is 15.8 Å². The molecule has 6 rings (SSSR count). The number of rotatable bonds is 7. The highest BCUT2D eigenvalue weighted by atomic mass is 35.5. The molecule has 1 saturated heterocycles. The smallest absolute Gasteiger partial charge is 0.416 e. The number of nitrogens with one attached hydrogen (secondary N) is 1. The Morgan fingerprint density at radius 2 is 1.94 bits per heavy atom. The SMILES string of the molecule is CCc1c(N2CCN(C(=O)c3sccc3O)CC2)c(=O)n2nc(C3=CCOCC3)nc2n1CC(=O)Nc1ccc(C(F)(F)F)cc1Cl. The maximum atomic E-state index is 14.1. The minimum absolute atomic E-state index is 0.00733. The van der Waals surface area contributed by atoms with Crippen molar-refractivity contribution in [2.45, 2.75) is 32.5 Å². The summed E-state index contributed by atoms with van der Waals surface area (Å²) in [5, 5.41) is 18.5. The minimum atomic E-state index is -4.60. The Bertz CT molecular complexity index is 1950. The molecular weight excluding hydrogens is 663 g/mol. The number of nitrogens with zero attached hydrogens (tertiary/aromatic N) is 6. The van der Waals surface area contributed by atoms with Crippen molar-refractivity contribution in [2.24, 2.45) is 0 Å². The van der Waals surface area contributed by atoms with E-state index in [0.717, 1.165) is 39.6 Å². The van der Waals surface area contributed by atoms with Gasteiger partial charge in [-0.3, -0.25) is 14.4 Å². The van der Waals surface area contributed by atoms with E-state index in [1.807, 2.05) is 17.9 Å². The number of carbonyl (C=O) groups excluding carboxylic acids is 2. The molecule has 0 bridgehead atoms. The second-order valence-electron chi connectivity index (χ2n) is 10.9. The Hall–Kier alpha value is -4.41. The first-order valence-corrected chi connectivity index (χ1v) is 16.0. The van der Waals surface area contributed by atoms with Gasteiger partial charge in [0.1, 0.15) is 22.9 Å². The molecule has 1 aromatic carbocycles. The second-order valence-corrected chi connectivity index (χ2v) is 12.2. The van der Waals surface area contributed by atoms with Crippen molar-refractivity contribution in [3.63, 3.8) is 0 Å². The normalized spacial score (nSPS) is 15.6. The highest BCUT2D eigenvalue weighted by Crippen LogP contribution is 2.34. The number of hydrogen-bond acceptors (Lipinski definition) is 9. The maximum absolute atomic E-state index is 14.1. The summed E-state index contributed by atoms with van der Waals surface area (Å²) >= 11 is 7.24. The zero-order valence-corrected chi connectivity index (χ0v) is 26.6. The topological polar surface area (TPSA) is 134 Å². The summed E-state index contributed by atoms with van der Waals surface area (Å²) in [7, 11) is 0. The first-order chi connectivity index (χ1) is 22.5. The number of aromatic nitrogens is 4. The van der Waals surface area contributed by atoms with Gasteiger partial charge in [0.2, 0.25) is 11.7 Å². The van der Waals surface area contributed by atoms with E-state index in [0.29, 0.717) is 56.4 Å². The number of ether oxygens (including phenoxy) is 1. The third kappa shape index (κ3) is 6.44. The summed E-state index contributed by atoms with van der Waals surface area (Å²) in [6.45, 7) is 3.44. The molecule has 12 nitrogen and oxygen atoms in total. The second kappa shape index (κ2) is 13.0. The van der Waals surface area contributed by atoms with Crippen LogP contribution in [0.25, 0.3) is 11.4 Å². The van der Waals surface area contributed by atoms with Gasteiger partial charge in [-0.1, -0.05) is 24.6 Å². The summed E-state index contributed by atoms with van der Waals surface area (Å²) < 4.78 is 47.6. The lowest BCUT2D eigenvalue weighted by molar-refractivity contribution is -0.137. The molecule has 0 unspecified atom stereocenters. The van der Waals surface area contributed by atoms with Crippen molar-refractivity contribution in [1.29, 1.82) is 0 Å². The van der Waals surface area contributed by atoms with Gasteiger partial charge < -0.3 is 29.5 Å². The van der Waals surface area contributed by atoms with Crippen LogP contribution in [-0.4, -0.2) is 80.4 Å². The van der Waals surface area contributed by atoms with Gasteiger partial charge >= 0.3 is 6.18 Å². The zero-order chi connectivity index (χ0) is 33.5. The third-order valence-electron chi connectivity index (χ3n) is 8.01. The average molecular weight is 692 g/mol. The van der Waals surface area contributed by atoms with Crippen LogP contribution in [0.15, 0.2) is 40.5 Å². The predicted octanol–water partition coefficient (Wildman–Crippen LogP) is 4.30. The van der Waals surface area contributed by atoms with Gasteiger partial charge in [0.25, 0.3) is 11.5 Å². The van der Waals surface area contributed by atoms with E-state index < -0.39 is 23.2 Å². The van der Waals surface area contributed by atoms with Gasteiger partial charge in [0.05, 0.1) is 35.2 Å². The Morgan fingerprint density at radius 3 is 2.55 bits per heavy atom. The van der Waals surface area contributed by atoms with Crippen LogP contribution in [0.1, 0.15) is 40.1 Å². The van der Waals surface area contributed by atoms with Crippen LogP contribution >= 0.6 is 22.9 Å². The van der Waals surface area contributed by atoms with Gasteiger partial charge in [-0.05, 0) is 48.1 Å². The molecule has 2 amide bonds. The van der Waals surface area contributed by atoms with Crippen molar-refractivity contribution >= 4 is 57.5 Å². The van der Waals surface area contributed by atoms with Crippen LogP contribution in [0.3, 0.4) is 0 Å². The molecule has 2 aliphatic rings. The van der Waals surface area contributed by atoms with Crippen molar-refractivity contribution < 1.29 is 32.6 Å². The molecule has 0 aliphatic carbocycles. The Morgan fingerprint density at radius 1 is 1.17 bits per heavy atom. The van der Waals surface area contributed by atoms with E-state index in [-0.39, 0.29) is 52.7 Å². The standard InChI is InChI=1S/C30H29ClF3N7O5S/c1-2-21-24(38-8-10-39(11-9-38)28(45)25-22(42)7-14-47-25)27(44)41-29(36-26(37-41)17-5-12-46-13-6-17)40(21)16-23(43)35-20-4-3-18(15-19(20)31)30(32,33)34/h3-5,7,14-15,42H,2,6,8-13,16H2,1H3,(H,35,43). The third-order valence-corrected chi connectivity index (χ3v) is 9.21. The highest BCUT2D eigenvalue weighted by molar-refractivity contribution is 7.12. The molecule has 3 aromatic heterocycles. The molecule has 5 heterocycles. The van der Waals surface area contributed by atoms with E-state index in [2.05, 4.69) is 15.4 Å². The summed E-state index contributed by atoms with van der Waals surface area (Å²) in [4.78, 5) is 48.8. The molecule has 2 aliphatic heterocycles. The van der Waals surface area contributed by atoms with Gasteiger partial charge in [-0.15, -0.1) is 16.4 Å². The summed E-state index contributed by atoms with van der Waals surface area (Å²) in [6, 6.07) is 4.11. The number of amides is 2. The lowest BCUT2D eigenvalue weighted by Gasteiger charge is -2.36. The molecule has 1 fully saturated rings. The Labute approximate surface area is 274 Å². The Kier molecular flexibility index (Phi) is 9.00. The lowest BCUT2D eigenvalue weighted by Crippen LogP contribution is -2.50. The lowest BCUT2D eigenvalue weighted by atomic mass is 10.1. The van der Waals surface area contributed by atoms with Crippen LogP contribution in [0.5, 0.6) is 5.75 Å². The predicted molar refractivity (Wildman–Crippen MR) is 169 cm³/mol. The molecule has 0 atom stereocenters. The number of alkyl halides is 3. The number of anilines is 2. The van der Waals surface area contributed by atoms with Crippen LogP contribution in [0.4, 0.5) is 24.5 Å². The fourth-order valence-electron chi connectivity index (χ4n) is 5.66. The molecule has 4 aromatic rings. The highest BCUT2D eigenvalue weighted by Gasteiger charge is 2.32. The number of piperazine rings is 1. The van der Waals surface area contributed by atoms with Gasteiger partial charge in [0, 0.05) is 26.2 Å². The summed E-state index contributed by atoms with van der Waals surface area (Å²) in [5.41, 5.74) is 0.174. The van der Waals surface area contributed by atoms with E-state index in [4.69, 9.17) is 16.3 Å². The fourth-order valence-corrected chi connectivity index (χ4v) is 6.64. The fraction of sp³-hybridized carbons (Fsp3) is 0.367. The van der Waals surface area contributed by atoms with Crippen molar-refractivity contribution in [1.82, 2.24) is 24.1 Å². The first kappa shape index (κ1) is 32.5. The molecule has 248 valence electrons. The van der Waals surface area contributed by atoms with Crippen LogP contribution in [0.2, 0.25) is 5.02 Å². The zero-order valence-electron chi connectivity index (χ0n) is 25.0. The molecular formula is C30H29ClF3N7O5S. The number of benzene rings is 1. The summed E-state index contributed by atoms with van der Waals surface area (Å²) in [5.74, 6) is -0.560. The number of carbonyl (C=O) groups is 2. The first-order valence-electron chi connectivity index (χ1n) is 14.7. The van der Waals surface area contributed by atoms with Crippen LogP contribution in [-0.2, 0) is 28.7 Å². The Balaban J connectivity index is 1.35. The quantitative estimate of drug-likeness (QED) is 0.293. The molecule has 17 heteroatoms. The molecule has 2 N–H and O–H groups in total. The van der Waals surface area contributed by atoms with E-state index in [1.165, 1.54) is 6.07 Å². The monoisotopic (exact) mass is 691 g/mol. The maximum Gasteiger partial charge on any atom is 0.416 e. The number of hydrogen-bond donors (Lipinski definition) is 2. The average Bonchev–Trinajstić information content (AvgIpc) is 3.70. The van der Waals surface area contributed by atoms with Crippen LogP contribution in [0, 0.1) is 0 Å². The number of halogens is 4. The van der Waals surface area contributed by atoms with Crippen molar-refractivity contribution in [3.05, 3.63) is 73.1 Å². The van der Waals surface area contributed by atoms with Gasteiger partial charge in [-0.2, -0.15) is 22.7 Å². The molecule has 0 radical (unpaired) electrons. The molecule has 0 saturated carbocycles. The largest absolute Gasteiger partial charge is 0.506 e. The van der Waals surface area contributed by atoms with Gasteiger partial charge in [-0.25, -0.2) is 0 Å². The van der Waals surface area contributed by atoms with E-state index in [9.17, 15) is 32.7 Å². The molecule has 0 spiro atoms. The summed E-state index contributed by atoms with van der Waals surface area (Å²) in [6.07, 6.45) is -1.93. The minimum Gasteiger partial charge on any atom is -0.506 e. The number of aromatic hydroxyl groups is 1.